The second-order valence-corrected chi connectivity index (χ2v) is 8.77. The van der Waals surface area contributed by atoms with Crippen LogP contribution >= 0.6 is 0 Å². The first-order valence-electron chi connectivity index (χ1n) is 10.9. The number of nitrogens with zero attached hydrogens (tertiary/aromatic N) is 2. The molecule has 0 saturated carbocycles. The maximum Gasteiger partial charge on any atom is 0.410 e. The molecule has 4 rings (SSSR count). The number of pyridine rings is 1. The Bertz CT molecular complexity index is 923. The number of rotatable bonds is 5. The summed E-state index contributed by atoms with van der Waals surface area (Å²) in [5.41, 5.74) is 2.13. The molecule has 3 heterocycles. The van der Waals surface area contributed by atoms with Crippen molar-refractivity contribution in [1.82, 2.24) is 9.88 Å². The zero-order valence-electron chi connectivity index (χ0n) is 18.8. The van der Waals surface area contributed by atoms with Crippen molar-refractivity contribution in [1.29, 1.82) is 0 Å². The molecule has 0 spiro atoms. The first-order valence-corrected chi connectivity index (χ1v) is 10.9. The summed E-state index contributed by atoms with van der Waals surface area (Å²) < 4.78 is 28.2. The molecule has 172 valence electrons. The zero-order chi connectivity index (χ0) is 22.6. The van der Waals surface area contributed by atoms with Gasteiger partial charge in [0.1, 0.15) is 12.2 Å². The summed E-state index contributed by atoms with van der Waals surface area (Å²) >= 11 is 0. The van der Waals surface area contributed by atoms with Gasteiger partial charge in [0.2, 0.25) is 5.88 Å². The number of amides is 1. The Balaban J connectivity index is 1.42. The molecule has 0 N–H and O–H groups in total. The SMILES string of the molecule is CC(C)(C)OC(=O)N1CCOCC1COc1cccc(-c2cccc(C3OCCO3)c2)n1. The lowest BCUT2D eigenvalue weighted by Gasteiger charge is -2.36. The average Bonchev–Trinajstić information content (AvgIpc) is 3.32. The largest absolute Gasteiger partial charge is 0.475 e. The van der Waals surface area contributed by atoms with Crippen LogP contribution in [-0.4, -0.2) is 67.2 Å². The van der Waals surface area contributed by atoms with Crippen LogP contribution in [0.15, 0.2) is 42.5 Å². The Morgan fingerprint density at radius 2 is 1.91 bits per heavy atom. The van der Waals surface area contributed by atoms with Crippen LogP contribution in [0.4, 0.5) is 4.79 Å². The molecule has 32 heavy (non-hydrogen) atoms. The Kier molecular flexibility index (Phi) is 6.93. The molecule has 1 aromatic heterocycles. The Labute approximate surface area is 188 Å². The van der Waals surface area contributed by atoms with Gasteiger partial charge in [0.25, 0.3) is 0 Å². The number of carbonyl (C=O) groups is 1. The summed E-state index contributed by atoms with van der Waals surface area (Å²) in [6.45, 7) is 8.36. The number of carbonyl (C=O) groups excluding carboxylic acids is 1. The highest BCUT2D eigenvalue weighted by molar-refractivity contribution is 5.68. The van der Waals surface area contributed by atoms with Gasteiger partial charge >= 0.3 is 6.09 Å². The van der Waals surface area contributed by atoms with E-state index in [1.54, 1.807) is 11.0 Å². The monoisotopic (exact) mass is 442 g/mol. The van der Waals surface area contributed by atoms with E-state index in [2.05, 4.69) is 4.98 Å². The third-order valence-electron chi connectivity index (χ3n) is 5.08. The summed E-state index contributed by atoms with van der Waals surface area (Å²) in [6.07, 6.45) is -0.691. The molecule has 1 atom stereocenters. The zero-order valence-corrected chi connectivity index (χ0v) is 18.8. The third-order valence-corrected chi connectivity index (χ3v) is 5.08. The summed E-state index contributed by atoms with van der Waals surface area (Å²) in [5, 5.41) is 0. The molecule has 2 aliphatic rings. The lowest BCUT2D eigenvalue weighted by Crippen LogP contribution is -2.52. The fourth-order valence-electron chi connectivity index (χ4n) is 3.59. The normalized spacial score (nSPS) is 19.7. The molecular formula is C24H30N2O6. The van der Waals surface area contributed by atoms with E-state index in [-0.39, 0.29) is 25.0 Å². The van der Waals surface area contributed by atoms with Crippen LogP contribution < -0.4 is 4.74 Å². The number of hydrogen-bond acceptors (Lipinski definition) is 7. The van der Waals surface area contributed by atoms with Crippen LogP contribution in [0, 0.1) is 0 Å². The smallest absolute Gasteiger partial charge is 0.410 e. The first kappa shape index (κ1) is 22.5. The highest BCUT2D eigenvalue weighted by Gasteiger charge is 2.31. The molecule has 8 nitrogen and oxygen atoms in total. The summed E-state index contributed by atoms with van der Waals surface area (Å²) in [6, 6.07) is 13.3. The van der Waals surface area contributed by atoms with Crippen LogP contribution in [0.2, 0.25) is 0 Å². The summed E-state index contributed by atoms with van der Waals surface area (Å²) in [4.78, 5) is 18.9. The maximum absolute atomic E-state index is 12.6. The van der Waals surface area contributed by atoms with Crippen LogP contribution in [-0.2, 0) is 18.9 Å². The molecule has 0 radical (unpaired) electrons. The van der Waals surface area contributed by atoms with Crippen molar-refractivity contribution in [2.75, 3.05) is 39.6 Å². The average molecular weight is 443 g/mol. The van der Waals surface area contributed by atoms with E-state index in [1.165, 1.54) is 0 Å². The van der Waals surface area contributed by atoms with E-state index in [9.17, 15) is 4.79 Å². The van der Waals surface area contributed by atoms with Crippen molar-refractivity contribution in [3.63, 3.8) is 0 Å². The fourth-order valence-corrected chi connectivity index (χ4v) is 3.59. The highest BCUT2D eigenvalue weighted by Crippen LogP contribution is 2.28. The van der Waals surface area contributed by atoms with Crippen LogP contribution in [0.1, 0.15) is 32.6 Å². The van der Waals surface area contributed by atoms with Crippen molar-refractivity contribution in [2.45, 2.75) is 38.7 Å². The lowest BCUT2D eigenvalue weighted by atomic mass is 10.1. The van der Waals surface area contributed by atoms with Crippen molar-refractivity contribution >= 4 is 6.09 Å². The van der Waals surface area contributed by atoms with Crippen LogP contribution in [0.5, 0.6) is 5.88 Å². The molecule has 2 aromatic rings. The van der Waals surface area contributed by atoms with Crippen LogP contribution in [0.3, 0.4) is 0 Å². The molecule has 2 fully saturated rings. The van der Waals surface area contributed by atoms with Crippen molar-refractivity contribution in [3.05, 3.63) is 48.0 Å². The van der Waals surface area contributed by atoms with E-state index in [0.717, 1.165) is 16.8 Å². The second-order valence-electron chi connectivity index (χ2n) is 8.77. The highest BCUT2D eigenvalue weighted by atomic mass is 16.7. The Hall–Kier alpha value is -2.68. The predicted octanol–water partition coefficient (Wildman–Crippen LogP) is 3.81. The van der Waals surface area contributed by atoms with E-state index in [1.807, 2.05) is 57.2 Å². The van der Waals surface area contributed by atoms with E-state index < -0.39 is 5.60 Å². The number of ether oxygens (including phenoxy) is 5. The molecule has 1 amide bonds. The van der Waals surface area contributed by atoms with Crippen molar-refractivity contribution in [3.8, 4) is 17.1 Å². The van der Waals surface area contributed by atoms with Gasteiger partial charge in [-0.1, -0.05) is 24.3 Å². The minimum absolute atomic E-state index is 0.246. The molecule has 1 unspecified atom stereocenters. The number of hydrogen-bond donors (Lipinski definition) is 0. The van der Waals surface area contributed by atoms with Gasteiger partial charge in [-0.15, -0.1) is 0 Å². The van der Waals surface area contributed by atoms with Crippen molar-refractivity contribution < 1.29 is 28.5 Å². The molecule has 0 aliphatic carbocycles. The topological polar surface area (TPSA) is 79.4 Å². The second kappa shape index (κ2) is 9.85. The molecule has 2 saturated heterocycles. The van der Waals surface area contributed by atoms with Gasteiger partial charge in [0.15, 0.2) is 6.29 Å². The molecular weight excluding hydrogens is 412 g/mol. The van der Waals surface area contributed by atoms with Gasteiger partial charge in [0, 0.05) is 23.7 Å². The van der Waals surface area contributed by atoms with Gasteiger partial charge in [-0.2, -0.15) is 0 Å². The van der Waals surface area contributed by atoms with E-state index in [4.69, 9.17) is 23.7 Å². The quantitative estimate of drug-likeness (QED) is 0.697. The van der Waals surface area contributed by atoms with Gasteiger partial charge in [0.05, 0.1) is 38.2 Å². The van der Waals surface area contributed by atoms with Gasteiger partial charge in [-0.05, 0) is 32.9 Å². The lowest BCUT2D eigenvalue weighted by molar-refractivity contribution is -0.0441. The molecule has 8 heteroatoms. The van der Waals surface area contributed by atoms with Crippen LogP contribution in [0.25, 0.3) is 11.3 Å². The summed E-state index contributed by atoms with van der Waals surface area (Å²) in [5.74, 6) is 0.482. The van der Waals surface area contributed by atoms with E-state index in [0.29, 0.717) is 38.9 Å². The third kappa shape index (κ3) is 5.76. The van der Waals surface area contributed by atoms with Crippen molar-refractivity contribution in [2.24, 2.45) is 0 Å². The molecule has 1 aromatic carbocycles. The van der Waals surface area contributed by atoms with Gasteiger partial charge in [-0.25, -0.2) is 9.78 Å². The molecule has 2 aliphatic heterocycles. The minimum atomic E-state index is -0.556. The predicted molar refractivity (Wildman–Crippen MR) is 117 cm³/mol. The standard InChI is InChI=1S/C24H30N2O6/c1-24(2,3)32-23(27)26-10-11-28-15-19(26)16-31-21-9-5-8-20(25-21)17-6-4-7-18(14-17)22-29-12-13-30-22/h4-9,14,19,22H,10-13,15-16H2,1-3H3. The number of aromatic nitrogens is 1. The first-order chi connectivity index (χ1) is 15.4. The van der Waals surface area contributed by atoms with Gasteiger partial charge in [-0.3, -0.25) is 4.90 Å². The Morgan fingerprint density at radius 3 is 2.69 bits per heavy atom. The molecule has 0 bridgehead atoms. The van der Waals surface area contributed by atoms with E-state index >= 15 is 0 Å². The maximum atomic E-state index is 12.6. The Morgan fingerprint density at radius 1 is 1.12 bits per heavy atom. The summed E-state index contributed by atoms with van der Waals surface area (Å²) in [7, 11) is 0. The number of morpholine rings is 1. The fraction of sp³-hybridized carbons (Fsp3) is 0.500. The minimum Gasteiger partial charge on any atom is -0.475 e. The number of benzene rings is 1. The van der Waals surface area contributed by atoms with Gasteiger partial charge < -0.3 is 23.7 Å².